The Morgan fingerprint density at radius 2 is 1.89 bits per heavy atom. The van der Waals surface area contributed by atoms with Crippen molar-refractivity contribution in [1.29, 1.82) is 0 Å². The molecule has 44 heavy (non-hydrogen) atoms. The number of carbonyl (C=O) groups is 1. The zero-order valence-electron chi connectivity index (χ0n) is 24.6. The molecular formula is C33H36ClF2N5O3. The molecule has 3 N–H and O–H groups in total. The minimum Gasteiger partial charge on any atom is -0.374 e. The maximum absolute atomic E-state index is 13.7. The van der Waals surface area contributed by atoms with Gasteiger partial charge in [0.15, 0.2) is 0 Å². The molecule has 2 aromatic heterocycles. The molecule has 3 saturated carbocycles. The van der Waals surface area contributed by atoms with Gasteiger partial charge in [-0.15, -0.1) is 0 Å². The Labute approximate surface area is 259 Å². The van der Waals surface area contributed by atoms with E-state index < -0.39 is 31.1 Å². The van der Waals surface area contributed by atoms with Gasteiger partial charge in [0.1, 0.15) is 17.6 Å². The van der Waals surface area contributed by atoms with Crippen molar-refractivity contribution < 1.29 is 18.7 Å². The van der Waals surface area contributed by atoms with E-state index in [-0.39, 0.29) is 28.9 Å². The van der Waals surface area contributed by atoms with Crippen molar-refractivity contribution in [2.45, 2.75) is 76.1 Å². The van der Waals surface area contributed by atoms with Crippen molar-refractivity contribution in [3.8, 4) is 11.1 Å². The monoisotopic (exact) mass is 623 g/mol. The van der Waals surface area contributed by atoms with E-state index in [1.54, 1.807) is 34.9 Å². The van der Waals surface area contributed by atoms with Crippen LogP contribution in [0.1, 0.15) is 90.8 Å². The first-order valence-corrected chi connectivity index (χ1v) is 15.7. The molecule has 4 aliphatic rings. The summed E-state index contributed by atoms with van der Waals surface area (Å²) in [7, 11) is 0. The van der Waals surface area contributed by atoms with Crippen molar-refractivity contribution in [2.75, 3.05) is 25.0 Å². The number of benzene rings is 1. The summed E-state index contributed by atoms with van der Waals surface area (Å²) in [5.74, 6) is -2.86. The quantitative estimate of drug-likeness (QED) is 0.248. The number of nitrogens with zero attached hydrogens (tertiary/aromatic N) is 3. The normalized spacial score (nSPS) is 21.0. The molecule has 1 aliphatic heterocycles. The topological polar surface area (TPSA) is 99.5 Å². The number of halogens is 3. The zero-order chi connectivity index (χ0) is 30.8. The predicted molar refractivity (Wildman–Crippen MR) is 164 cm³/mol. The highest BCUT2D eigenvalue weighted by molar-refractivity contribution is 6.30. The van der Waals surface area contributed by atoms with Crippen molar-refractivity contribution in [2.24, 2.45) is 5.41 Å². The van der Waals surface area contributed by atoms with E-state index in [1.165, 1.54) is 17.7 Å². The van der Waals surface area contributed by atoms with Gasteiger partial charge in [0.2, 0.25) is 0 Å². The number of anilines is 1. The second-order valence-electron chi connectivity index (χ2n) is 13.4. The molecule has 3 heterocycles. The Morgan fingerprint density at radius 1 is 1.14 bits per heavy atom. The Bertz CT molecular complexity index is 1670. The molecule has 0 spiro atoms. The van der Waals surface area contributed by atoms with E-state index in [9.17, 15) is 23.5 Å². The molecule has 3 aromatic rings. The third kappa shape index (κ3) is 6.31. The average molecular weight is 624 g/mol. The molecule has 8 nitrogen and oxygen atoms in total. The highest BCUT2D eigenvalue weighted by Crippen LogP contribution is 2.44. The van der Waals surface area contributed by atoms with Crippen LogP contribution in [0.2, 0.25) is 5.02 Å². The fourth-order valence-electron chi connectivity index (χ4n) is 5.91. The second-order valence-corrected chi connectivity index (χ2v) is 13.8. The van der Waals surface area contributed by atoms with Gasteiger partial charge in [-0.1, -0.05) is 24.6 Å². The third-order valence-corrected chi connectivity index (χ3v) is 9.40. The van der Waals surface area contributed by atoms with Gasteiger partial charge < -0.3 is 20.3 Å². The number of nitrogens with one attached hydrogen (secondary N) is 2. The Kier molecular flexibility index (Phi) is 7.39. The first kappa shape index (κ1) is 29.5. The van der Waals surface area contributed by atoms with Gasteiger partial charge in [-0.25, -0.2) is 13.8 Å². The van der Waals surface area contributed by atoms with Gasteiger partial charge >= 0.3 is 0 Å². The number of rotatable bonds is 11. The van der Waals surface area contributed by atoms with Crippen LogP contribution < -0.4 is 16.2 Å². The predicted octanol–water partition coefficient (Wildman–Crippen LogP) is 5.86. The van der Waals surface area contributed by atoms with Gasteiger partial charge in [0.25, 0.3) is 17.4 Å². The molecule has 7 rings (SSSR count). The van der Waals surface area contributed by atoms with Crippen LogP contribution in [-0.2, 0) is 6.54 Å². The lowest BCUT2D eigenvalue weighted by Crippen LogP contribution is -2.57. The maximum Gasteiger partial charge on any atom is 0.273 e. The molecule has 11 heteroatoms. The van der Waals surface area contributed by atoms with Crippen LogP contribution in [0.3, 0.4) is 0 Å². The van der Waals surface area contributed by atoms with Gasteiger partial charge in [-0.3, -0.25) is 14.5 Å². The van der Waals surface area contributed by atoms with Crippen molar-refractivity contribution in [3.05, 3.63) is 80.4 Å². The maximum atomic E-state index is 13.7. The number of hydrogen-bond acceptors (Lipinski definition) is 6. The number of amides is 1. The number of aliphatic hydroxyl groups excluding tert-OH is 1. The number of pyridine rings is 2. The number of alkyl halides is 2. The third-order valence-electron chi connectivity index (χ3n) is 9.17. The molecule has 232 valence electrons. The van der Waals surface area contributed by atoms with Gasteiger partial charge in [-0.05, 0) is 91.0 Å². The van der Waals surface area contributed by atoms with Crippen LogP contribution in [0.25, 0.3) is 11.1 Å². The molecule has 1 saturated heterocycles. The van der Waals surface area contributed by atoms with Crippen molar-refractivity contribution >= 4 is 23.3 Å². The number of hydrogen-bond donors (Lipinski definition) is 3. The minimum absolute atomic E-state index is 0.0651. The average Bonchev–Trinajstić information content (AvgIpc) is 3.82. The standard InChI is InChI=1S/C33H36ClF2N5O3/c1-32(8-9-32)16-37-14-19-10-26(31(44)41(15-19)23-5-6-23)29(42)39-28-12-21(11-27(38-28)20-2-3-20)24-7-4-22(34)13-25(24)30(43)40-17-33(35,36)18-40/h4,7,10-13,15,20,23,30,37,43H,2-3,5-6,8-9,14,16-18H2,1H3,(H,38,39,42). The Morgan fingerprint density at radius 3 is 2.55 bits per heavy atom. The highest BCUT2D eigenvalue weighted by atomic mass is 35.5. The number of aromatic nitrogens is 2. The summed E-state index contributed by atoms with van der Waals surface area (Å²) >= 11 is 6.27. The minimum atomic E-state index is -2.84. The highest BCUT2D eigenvalue weighted by Gasteiger charge is 2.47. The van der Waals surface area contributed by atoms with Crippen LogP contribution in [0, 0.1) is 5.41 Å². The number of likely N-dealkylation sites (tertiary alicyclic amines) is 1. The smallest absolute Gasteiger partial charge is 0.273 e. The molecular weight excluding hydrogens is 588 g/mol. The SMILES string of the molecule is CC1(CNCc2cc(C(=O)Nc3cc(-c4ccc(Cl)cc4C(O)N4CC(F)(F)C4)cc(C4CC4)n3)c(=O)n(C3CC3)c2)CC1. The molecule has 1 aromatic carbocycles. The molecule has 4 fully saturated rings. The Hall–Kier alpha value is -3.18. The molecule has 1 atom stereocenters. The van der Waals surface area contributed by atoms with E-state index in [2.05, 4.69) is 17.6 Å². The lowest BCUT2D eigenvalue weighted by atomic mass is 9.96. The molecule has 3 aliphatic carbocycles. The van der Waals surface area contributed by atoms with Crippen LogP contribution >= 0.6 is 11.6 Å². The fourth-order valence-corrected chi connectivity index (χ4v) is 6.09. The summed E-state index contributed by atoms with van der Waals surface area (Å²) in [6.45, 7) is 2.61. The Balaban J connectivity index is 1.19. The lowest BCUT2D eigenvalue weighted by molar-refractivity contribution is -0.185. The first-order valence-electron chi connectivity index (χ1n) is 15.4. The number of carbonyl (C=O) groups excluding carboxylic acids is 1. The summed E-state index contributed by atoms with van der Waals surface area (Å²) in [5, 5.41) is 17.8. The van der Waals surface area contributed by atoms with Gasteiger partial charge in [-0.2, -0.15) is 0 Å². The summed E-state index contributed by atoms with van der Waals surface area (Å²) < 4.78 is 28.9. The molecule has 0 radical (unpaired) electrons. The summed E-state index contributed by atoms with van der Waals surface area (Å²) in [5.41, 5.74) is 3.40. The summed E-state index contributed by atoms with van der Waals surface area (Å²) in [6, 6.07) is 10.4. The van der Waals surface area contributed by atoms with E-state index >= 15 is 0 Å². The first-order chi connectivity index (χ1) is 21.0. The molecule has 1 unspecified atom stereocenters. The van der Waals surface area contributed by atoms with E-state index in [0.29, 0.717) is 33.7 Å². The number of aliphatic hydroxyl groups is 1. The van der Waals surface area contributed by atoms with Crippen LogP contribution in [0.5, 0.6) is 0 Å². The van der Waals surface area contributed by atoms with E-state index in [0.717, 1.165) is 43.5 Å². The van der Waals surface area contributed by atoms with Crippen molar-refractivity contribution in [3.63, 3.8) is 0 Å². The van der Waals surface area contributed by atoms with E-state index in [1.807, 2.05) is 12.3 Å². The summed E-state index contributed by atoms with van der Waals surface area (Å²) in [4.78, 5) is 33.1. The lowest BCUT2D eigenvalue weighted by Gasteiger charge is -2.42. The zero-order valence-corrected chi connectivity index (χ0v) is 25.3. The second kappa shape index (κ2) is 11.0. The van der Waals surface area contributed by atoms with Crippen LogP contribution in [0.4, 0.5) is 14.6 Å². The van der Waals surface area contributed by atoms with Gasteiger partial charge in [0, 0.05) is 47.5 Å². The fraction of sp³-hybridized carbons (Fsp3) is 0.485. The summed E-state index contributed by atoms with van der Waals surface area (Å²) in [6.07, 6.45) is 6.74. The van der Waals surface area contributed by atoms with Crippen LogP contribution in [-0.4, -0.2) is 51.0 Å². The largest absolute Gasteiger partial charge is 0.374 e. The van der Waals surface area contributed by atoms with Gasteiger partial charge in [0.05, 0.1) is 13.1 Å². The molecule has 1 amide bonds. The van der Waals surface area contributed by atoms with Crippen LogP contribution in [0.15, 0.2) is 47.4 Å². The van der Waals surface area contributed by atoms with E-state index in [4.69, 9.17) is 16.6 Å². The van der Waals surface area contributed by atoms with Crippen molar-refractivity contribution in [1.82, 2.24) is 19.8 Å². The molecule has 0 bridgehead atoms.